The highest BCUT2D eigenvalue weighted by Gasteiger charge is 2.27. The predicted octanol–water partition coefficient (Wildman–Crippen LogP) is 4.27. The molecular formula is C20H31NO2. The van der Waals surface area contributed by atoms with E-state index in [1.54, 1.807) is 0 Å². The first-order chi connectivity index (χ1) is 10.9. The minimum Gasteiger partial charge on any atom is -0.481 e. The molecule has 1 unspecified atom stereocenters. The Kier molecular flexibility index (Phi) is 6.64. The van der Waals surface area contributed by atoms with Crippen LogP contribution in [0.4, 0.5) is 0 Å². The van der Waals surface area contributed by atoms with E-state index in [1.807, 2.05) is 18.2 Å². The molecule has 0 bridgehead atoms. The summed E-state index contributed by atoms with van der Waals surface area (Å²) in [6.07, 6.45) is 7.03. The van der Waals surface area contributed by atoms with Crippen LogP contribution in [0, 0.1) is 11.3 Å². The number of rotatable bonds is 8. The van der Waals surface area contributed by atoms with Gasteiger partial charge in [0, 0.05) is 12.5 Å². The van der Waals surface area contributed by atoms with Crippen LogP contribution in [0.3, 0.4) is 0 Å². The lowest BCUT2D eigenvalue weighted by Crippen LogP contribution is -2.37. The first-order valence-electron chi connectivity index (χ1n) is 8.94. The molecule has 1 aliphatic carbocycles. The monoisotopic (exact) mass is 317 g/mol. The summed E-state index contributed by atoms with van der Waals surface area (Å²) < 4.78 is 0. The summed E-state index contributed by atoms with van der Waals surface area (Å²) in [7, 11) is 0. The van der Waals surface area contributed by atoms with Crippen LogP contribution in [0.1, 0.15) is 57.9 Å². The van der Waals surface area contributed by atoms with Gasteiger partial charge in [0.25, 0.3) is 0 Å². The van der Waals surface area contributed by atoms with Crippen molar-refractivity contribution in [2.45, 2.75) is 64.8 Å². The van der Waals surface area contributed by atoms with Crippen LogP contribution in [0.5, 0.6) is 0 Å². The van der Waals surface area contributed by atoms with Crippen molar-refractivity contribution in [1.82, 2.24) is 5.32 Å². The van der Waals surface area contributed by atoms with Crippen LogP contribution in [0.2, 0.25) is 0 Å². The van der Waals surface area contributed by atoms with Crippen molar-refractivity contribution in [1.29, 1.82) is 0 Å². The third kappa shape index (κ3) is 6.74. The molecule has 0 saturated heterocycles. The van der Waals surface area contributed by atoms with Gasteiger partial charge in [-0.3, -0.25) is 4.79 Å². The lowest BCUT2D eigenvalue weighted by molar-refractivity contribution is -0.137. The molecule has 0 aromatic heterocycles. The number of carbonyl (C=O) groups is 1. The van der Waals surface area contributed by atoms with Crippen molar-refractivity contribution < 1.29 is 9.90 Å². The minimum atomic E-state index is -0.704. The molecule has 3 heteroatoms. The molecule has 0 radical (unpaired) electrons. The molecule has 0 heterocycles. The molecule has 1 saturated carbocycles. The van der Waals surface area contributed by atoms with Crippen LogP contribution >= 0.6 is 0 Å². The summed E-state index contributed by atoms with van der Waals surface area (Å²) in [5, 5.41) is 12.6. The quantitative estimate of drug-likeness (QED) is 0.753. The van der Waals surface area contributed by atoms with E-state index in [2.05, 4.69) is 31.3 Å². The van der Waals surface area contributed by atoms with Gasteiger partial charge < -0.3 is 10.4 Å². The van der Waals surface area contributed by atoms with E-state index in [0.717, 1.165) is 18.9 Å². The van der Waals surface area contributed by atoms with Crippen LogP contribution in [0.25, 0.3) is 0 Å². The fourth-order valence-electron chi connectivity index (χ4n) is 3.47. The highest BCUT2D eigenvalue weighted by Crippen LogP contribution is 2.37. The Balaban J connectivity index is 1.83. The normalized spacial score (nSPS) is 19.4. The van der Waals surface area contributed by atoms with E-state index in [0.29, 0.717) is 11.8 Å². The number of aliphatic carboxylic acids is 1. The number of carboxylic acid groups (broad SMARTS) is 1. The average molecular weight is 317 g/mol. The molecule has 1 atom stereocenters. The molecule has 1 fully saturated rings. The smallest absolute Gasteiger partial charge is 0.303 e. The molecule has 0 spiro atoms. The van der Waals surface area contributed by atoms with Gasteiger partial charge >= 0.3 is 5.97 Å². The third-order valence-electron chi connectivity index (χ3n) is 5.19. The van der Waals surface area contributed by atoms with Gasteiger partial charge in [-0.25, -0.2) is 0 Å². The molecule has 1 aliphatic rings. The van der Waals surface area contributed by atoms with Crippen molar-refractivity contribution in [3.8, 4) is 0 Å². The maximum atomic E-state index is 10.9. The van der Waals surface area contributed by atoms with Crippen molar-refractivity contribution in [3.63, 3.8) is 0 Å². The second-order valence-electron chi connectivity index (χ2n) is 7.83. The molecular weight excluding hydrogens is 286 g/mol. The molecule has 2 N–H and O–H groups in total. The van der Waals surface area contributed by atoms with Crippen molar-refractivity contribution >= 4 is 5.97 Å². The van der Waals surface area contributed by atoms with E-state index >= 15 is 0 Å². The van der Waals surface area contributed by atoms with E-state index < -0.39 is 5.97 Å². The highest BCUT2D eigenvalue weighted by molar-refractivity contribution is 5.66. The van der Waals surface area contributed by atoms with Crippen LogP contribution in [-0.2, 0) is 11.2 Å². The standard InChI is InChI=1S/C20H31NO2/c1-20(2)12-10-17(11-13-20)15-21-18(8-9-19(22)23)14-16-6-4-3-5-7-16/h3-7,17-18,21H,8-15H2,1-2H3,(H,22,23). The van der Waals surface area contributed by atoms with E-state index in [4.69, 9.17) is 5.11 Å². The van der Waals surface area contributed by atoms with Crippen molar-refractivity contribution in [3.05, 3.63) is 35.9 Å². The Bertz CT molecular complexity index is 474. The SMILES string of the molecule is CC1(C)CCC(CNC(CCC(=O)O)Cc2ccccc2)CC1. The Labute approximate surface area is 140 Å². The minimum absolute atomic E-state index is 0.238. The largest absolute Gasteiger partial charge is 0.481 e. The Hall–Kier alpha value is -1.35. The Morgan fingerprint density at radius 2 is 1.91 bits per heavy atom. The van der Waals surface area contributed by atoms with Gasteiger partial charge in [0.15, 0.2) is 0 Å². The van der Waals surface area contributed by atoms with Crippen LogP contribution < -0.4 is 5.32 Å². The van der Waals surface area contributed by atoms with Gasteiger partial charge in [0.05, 0.1) is 0 Å². The summed E-state index contributed by atoms with van der Waals surface area (Å²) in [4.78, 5) is 10.9. The first kappa shape index (κ1) is 18.0. The second kappa shape index (κ2) is 8.49. The molecule has 23 heavy (non-hydrogen) atoms. The number of nitrogens with one attached hydrogen (secondary N) is 1. The maximum absolute atomic E-state index is 10.9. The topological polar surface area (TPSA) is 49.3 Å². The van der Waals surface area contributed by atoms with Crippen molar-refractivity contribution in [2.24, 2.45) is 11.3 Å². The summed E-state index contributed by atoms with van der Waals surface area (Å²) in [5.41, 5.74) is 1.78. The predicted molar refractivity (Wildman–Crippen MR) is 94.5 cm³/mol. The average Bonchev–Trinajstić information content (AvgIpc) is 2.52. The molecule has 1 aromatic carbocycles. The lowest BCUT2D eigenvalue weighted by atomic mass is 9.73. The van der Waals surface area contributed by atoms with E-state index in [9.17, 15) is 4.79 Å². The van der Waals surface area contributed by atoms with E-state index in [1.165, 1.54) is 31.2 Å². The maximum Gasteiger partial charge on any atom is 0.303 e. The van der Waals surface area contributed by atoms with Gasteiger partial charge in [-0.15, -0.1) is 0 Å². The zero-order valence-electron chi connectivity index (χ0n) is 14.6. The summed E-state index contributed by atoms with van der Waals surface area (Å²) in [5.74, 6) is 0.0374. The Morgan fingerprint density at radius 3 is 2.52 bits per heavy atom. The van der Waals surface area contributed by atoms with Gasteiger partial charge in [0.1, 0.15) is 0 Å². The summed E-state index contributed by atoms with van der Waals surface area (Å²) in [6.45, 7) is 5.75. The van der Waals surface area contributed by atoms with Gasteiger partial charge in [-0.1, -0.05) is 44.2 Å². The van der Waals surface area contributed by atoms with Gasteiger partial charge in [0.2, 0.25) is 0 Å². The van der Waals surface area contributed by atoms with Crippen LogP contribution in [0.15, 0.2) is 30.3 Å². The number of hydrogen-bond donors (Lipinski definition) is 2. The fraction of sp³-hybridized carbons (Fsp3) is 0.650. The number of hydrogen-bond acceptors (Lipinski definition) is 2. The van der Waals surface area contributed by atoms with Gasteiger partial charge in [-0.2, -0.15) is 0 Å². The molecule has 2 rings (SSSR count). The first-order valence-corrected chi connectivity index (χ1v) is 8.94. The fourth-order valence-corrected chi connectivity index (χ4v) is 3.47. The van der Waals surface area contributed by atoms with Gasteiger partial charge in [-0.05, 0) is 62.0 Å². The number of carboxylic acids is 1. The van der Waals surface area contributed by atoms with E-state index in [-0.39, 0.29) is 12.5 Å². The Morgan fingerprint density at radius 1 is 1.26 bits per heavy atom. The zero-order valence-corrected chi connectivity index (χ0v) is 14.6. The molecule has 0 amide bonds. The van der Waals surface area contributed by atoms with Crippen molar-refractivity contribution in [2.75, 3.05) is 6.54 Å². The third-order valence-corrected chi connectivity index (χ3v) is 5.19. The summed E-state index contributed by atoms with van der Waals surface area (Å²) >= 11 is 0. The summed E-state index contributed by atoms with van der Waals surface area (Å²) in [6, 6.07) is 10.6. The molecule has 3 nitrogen and oxygen atoms in total. The lowest BCUT2D eigenvalue weighted by Gasteiger charge is -2.35. The molecule has 1 aromatic rings. The second-order valence-corrected chi connectivity index (χ2v) is 7.83. The highest BCUT2D eigenvalue weighted by atomic mass is 16.4. The van der Waals surface area contributed by atoms with Crippen LogP contribution in [-0.4, -0.2) is 23.7 Å². The molecule has 128 valence electrons. The zero-order chi connectivity index (χ0) is 16.7. The molecule has 0 aliphatic heterocycles. The number of benzene rings is 1.